The fourth-order valence-corrected chi connectivity index (χ4v) is 2.82. The Bertz CT molecular complexity index is 511. The van der Waals surface area contributed by atoms with Crippen molar-refractivity contribution in [3.63, 3.8) is 0 Å². The SMILES string of the molecule is C[NH+](C)C[C@@H]1CCCC[C@@H]1OC(=O)c1ccc([N+](=O)[O-])o1. The maximum Gasteiger partial charge on any atom is 0.433 e. The van der Waals surface area contributed by atoms with Crippen molar-refractivity contribution in [3.05, 3.63) is 28.0 Å². The molecule has 1 saturated carbocycles. The number of hydrogen-bond acceptors (Lipinski definition) is 5. The van der Waals surface area contributed by atoms with E-state index < -0.39 is 16.8 Å². The van der Waals surface area contributed by atoms with E-state index in [-0.39, 0.29) is 11.9 Å². The predicted octanol–water partition coefficient (Wildman–Crippen LogP) is 1.05. The Kier molecular flexibility index (Phi) is 4.95. The van der Waals surface area contributed by atoms with Gasteiger partial charge in [-0.1, -0.05) is 6.42 Å². The maximum atomic E-state index is 12.0. The molecule has 2 rings (SSSR count). The number of carbonyl (C=O) groups excluding carboxylic acids is 1. The van der Waals surface area contributed by atoms with Crippen LogP contribution >= 0.6 is 0 Å². The molecule has 1 aliphatic carbocycles. The predicted molar refractivity (Wildman–Crippen MR) is 74.2 cm³/mol. The lowest BCUT2D eigenvalue weighted by Crippen LogP contribution is -3.06. The van der Waals surface area contributed by atoms with Gasteiger partial charge in [-0.3, -0.25) is 10.1 Å². The Hall–Kier alpha value is -1.89. The molecule has 7 heteroatoms. The third-order valence-electron chi connectivity index (χ3n) is 3.74. The van der Waals surface area contributed by atoms with Crippen LogP contribution in [0.5, 0.6) is 0 Å². The summed E-state index contributed by atoms with van der Waals surface area (Å²) in [6, 6.07) is 2.45. The van der Waals surface area contributed by atoms with E-state index in [9.17, 15) is 14.9 Å². The number of furan rings is 1. The molecular formula is C14H21N2O5+. The molecule has 0 unspecified atom stereocenters. The third-order valence-corrected chi connectivity index (χ3v) is 3.74. The first kappa shape index (κ1) is 15.5. The minimum atomic E-state index is -0.671. The van der Waals surface area contributed by atoms with Gasteiger partial charge in [0, 0.05) is 5.92 Å². The van der Waals surface area contributed by atoms with Crippen LogP contribution in [0.25, 0.3) is 0 Å². The minimum Gasteiger partial charge on any atom is -0.456 e. The standard InChI is InChI=1S/C14H20N2O5/c1-15(2)9-10-5-3-4-6-11(10)21-14(17)12-7-8-13(20-12)16(18)19/h7-8,10-11H,3-6,9H2,1-2H3/p+1/t10-,11-/m0/s1. The Labute approximate surface area is 123 Å². The fourth-order valence-electron chi connectivity index (χ4n) is 2.82. The highest BCUT2D eigenvalue weighted by atomic mass is 16.7. The zero-order chi connectivity index (χ0) is 15.4. The van der Waals surface area contributed by atoms with Crippen molar-refractivity contribution in [1.82, 2.24) is 0 Å². The van der Waals surface area contributed by atoms with Crippen LogP contribution in [0.15, 0.2) is 16.5 Å². The van der Waals surface area contributed by atoms with Crippen LogP contribution in [-0.2, 0) is 4.74 Å². The molecular weight excluding hydrogens is 276 g/mol. The van der Waals surface area contributed by atoms with Gasteiger partial charge in [0.1, 0.15) is 11.0 Å². The van der Waals surface area contributed by atoms with Gasteiger partial charge in [-0.15, -0.1) is 0 Å². The summed E-state index contributed by atoms with van der Waals surface area (Å²) in [4.78, 5) is 23.2. The fraction of sp³-hybridized carbons (Fsp3) is 0.643. The number of ether oxygens (including phenoxy) is 1. The summed E-state index contributed by atoms with van der Waals surface area (Å²) < 4.78 is 10.4. The normalized spacial score (nSPS) is 22.2. The van der Waals surface area contributed by atoms with Crippen LogP contribution in [0, 0.1) is 16.0 Å². The van der Waals surface area contributed by atoms with Gasteiger partial charge in [-0.25, -0.2) is 4.79 Å². The zero-order valence-corrected chi connectivity index (χ0v) is 12.3. The van der Waals surface area contributed by atoms with Crippen molar-refractivity contribution < 1.29 is 23.8 Å². The van der Waals surface area contributed by atoms with Gasteiger partial charge in [0.25, 0.3) is 0 Å². The highest BCUT2D eigenvalue weighted by molar-refractivity contribution is 5.86. The second-order valence-corrected chi connectivity index (χ2v) is 5.79. The monoisotopic (exact) mass is 297 g/mol. The van der Waals surface area contributed by atoms with Crippen LogP contribution < -0.4 is 4.90 Å². The van der Waals surface area contributed by atoms with Gasteiger partial charge in [-0.2, -0.15) is 0 Å². The molecule has 21 heavy (non-hydrogen) atoms. The molecule has 0 saturated heterocycles. The molecule has 0 aliphatic heterocycles. The van der Waals surface area contributed by atoms with Crippen LogP contribution in [0.4, 0.5) is 5.88 Å². The van der Waals surface area contributed by atoms with E-state index in [0.29, 0.717) is 5.92 Å². The van der Waals surface area contributed by atoms with E-state index in [1.165, 1.54) is 17.0 Å². The van der Waals surface area contributed by atoms with Crippen molar-refractivity contribution in [2.75, 3.05) is 20.6 Å². The van der Waals surface area contributed by atoms with Crippen LogP contribution in [-0.4, -0.2) is 37.6 Å². The van der Waals surface area contributed by atoms with E-state index in [0.717, 1.165) is 32.2 Å². The van der Waals surface area contributed by atoms with Gasteiger partial charge in [0.2, 0.25) is 5.76 Å². The lowest BCUT2D eigenvalue weighted by atomic mass is 9.86. The van der Waals surface area contributed by atoms with E-state index in [4.69, 9.17) is 9.15 Å². The Morgan fingerprint density at radius 1 is 1.43 bits per heavy atom. The van der Waals surface area contributed by atoms with Crippen molar-refractivity contribution >= 4 is 11.9 Å². The molecule has 7 nitrogen and oxygen atoms in total. The smallest absolute Gasteiger partial charge is 0.433 e. The van der Waals surface area contributed by atoms with Gasteiger partial charge < -0.3 is 14.1 Å². The average Bonchev–Trinajstić information content (AvgIpc) is 2.90. The van der Waals surface area contributed by atoms with E-state index in [1.807, 2.05) is 0 Å². The first-order chi connectivity index (χ1) is 9.97. The Morgan fingerprint density at radius 3 is 2.76 bits per heavy atom. The number of hydrogen-bond donors (Lipinski definition) is 1. The second kappa shape index (κ2) is 6.71. The molecule has 1 heterocycles. The van der Waals surface area contributed by atoms with Gasteiger partial charge in [-0.05, 0) is 25.3 Å². The van der Waals surface area contributed by atoms with Crippen molar-refractivity contribution in [2.24, 2.45) is 5.92 Å². The van der Waals surface area contributed by atoms with Crippen molar-refractivity contribution in [3.8, 4) is 0 Å². The molecule has 0 amide bonds. The van der Waals surface area contributed by atoms with E-state index in [1.54, 1.807) is 0 Å². The Morgan fingerprint density at radius 2 is 2.14 bits per heavy atom. The molecule has 0 bridgehead atoms. The summed E-state index contributed by atoms with van der Waals surface area (Å²) in [6.45, 7) is 0.941. The highest BCUT2D eigenvalue weighted by Gasteiger charge is 2.31. The molecule has 2 atom stereocenters. The summed E-state index contributed by atoms with van der Waals surface area (Å²) in [7, 11) is 4.15. The lowest BCUT2D eigenvalue weighted by molar-refractivity contribution is -0.862. The molecule has 0 aromatic carbocycles. The molecule has 1 aromatic rings. The van der Waals surface area contributed by atoms with Gasteiger partial charge in [0.15, 0.2) is 0 Å². The summed E-state index contributed by atoms with van der Waals surface area (Å²) >= 11 is 0. The minimum absolute atomic E-state index is 0.108. The largest absolute Gasteiger partial charge is 0.456 e. The molecule has 1 aliphatic rings. The lowest BCUT2D eigenvalue weighted by Gasteiger charge is -2.31. The number of nitrogens with zero attached hydrogens (tertiary/aromatic N) is 1. The van der Waals surface area contributed by atoms with Gasteiger partial charge in [0.05, 0.1) is 26.7 Å². The summed E-state index contributed by atoms with van der Waals surface area (Å²) in [5.74, 6) is -0.838. The zero-order valence-electron chi connectivity index (χ0n) is 12.3. The first-order valence-electron chi connectivity index (χ1n) is 7.21. The molecule has 116 valence electrons. The van der Waals surface area contributed by atoms with E-state index >= 15 is 0 Å². The second-order valence-electron chi connectivity index (χ2n) is 5.79. The van der Waals surface area contributed by atoms with Crippen LogP contribution in [0.2, 0.25) is 0 Å². The topological polar surface area (TPSA) is 87.0 Å². The molecule has 1 N–H and O–H groups in total. The number of nitrogens with one attached hydrogen (secondary N) is 1. The molecule has 0 radical (unpaired) electrons. The number of carbonyl (C=O) groups is 1. The summed E-state index contributed by atoms with van der Waals surface area (Å²) in [5.41, 5.74) is 0. The number of nitro groups is 1. The Balaban J connectivity index is 2.00. The third kappa shape index (κ3) is 4.04. The maximum absolute atomic E-state index is 12.0. The number of esters is 1. The van der Waals surface area contributed by atoms with Crippen LogP contribution in [0.3, 0.4) is 0 Å². The summed E-state index contributed by atoms with van der Waals surface area (Å²) in [5, 5.41) is 10.6. The quantitative estimate of drug-likeness (QED) is 0.498. The number of rotatable bonds is 5. The highest BCUT2D eigenvalue weighted by Crippen LogP contribution is 2.27. The van der Waals surface area contributed by atoms with Crippen molar-refractivity contribution in [1.29, 1.82) is 0 Å². The number of quaternary nitrogens is 1. The molecule has 1 fully saturated rings. The van der Waals surface area contributed by atoms with Crippen LogP contribution in [0.1, 0.15) is 36.2 Å². The summed E-state index contributed by atoms with van der Waals surface area (Å²) in [6.07, 6.45) is 3.94. The van der Waals surface area contributed by atoms with Gasteiger partial charge >= 0.3 is 11.9 Å². The molecule has 1 aromatic heterocycles. The molecule has 0 spiro atoms. The van der Waals surface area contributed by atoms with E-state index in [2.05, 4.69) is 14.1 Å². The first-order valence-corrected chi connectivity index (χ1v) is 7.21. The average molecular weight is 297 g/mol. The van der Waals surface area contributed by atoms with Crippen molar-refractivity contribution in [2.45, 2.75) is 31.8 Å².